The third-order valence-corrected chi connectivity index (χ3v) is 2.59. The molecule has 1 aromatic rings. The van der Waals surface area contributed by atoms with Gasteiger partial charge >= 0.3 is 0 Å². The summed E-state index contributed by atoms with van der Waals surface area (Å²) in [6.45, 7) is -0.0980. The first-order valence-electron chi connectivity index (χ1n) is 3.61. The van der Waals surface area contributed by atoms with Crippen molar-refractivity contribution in [3.8, 4) is 11.8 Å². The summed E-state index contributed by atoms with van der Waals surface area (Å²) in [6, 6.07) is 5.38. The zero-order valence-electron chi connectivity index (χ0n) is 7.04. The van der Waals surface area contributed by atoms with Crippen LogP contribution in [0, 0.1) is 11.3 Å². The number of aliphatic hydroxyl groups is 1. The van der Waals surface area contributed by atoms with Crippen molar-refractivity contribution < 1.29 is 9.84 Å². The molecular weight excluding hydrogens is 234 g/mol. The molecular formula is C9H8BrNO2. The smallest absolute Gasteiger partial charge is 0.137 e. The average molecular weight is 242 g/mol. The molecule has 0 heterocycles. The molecule has 68 valence electrons. The Balaban J connectivity index is 3.34. The number of aliphatic hydroxyl groups excluding tert-OH is 1. The number of hydrogen-bond donors (Lipinski definition) is 1. The van der Waals surface area contributed by atoms with Gasteiger partial charge in [0, 0.05) is 4.47 Å². The van der Waals surface area contributed by atoms with E-state index in [1.807, 2.05) is 6.07 Å². The van der Waals surface area contributed by atoms with Crippen LogP contribution in [0.15, 0.2) is 16.6 Å². The molecule has 0 aliphatic carbocycles. The second kappa shape index (κ2) is 4.26. The lowest BCUT2D eigenvalue weighted by Gasteiger charge is -2.07. The van der Waals surface area contributed by atoms with E-state index in [0.717, 1.165) is 0 Å². The van der Waals surface area contributed by atoms with Gasteiger partial charge in [-0.2, -0.15) is 5.26 Å². The molecule has 0 spiro atoms. The summed E-state index contributed by atoms with van der Waals surface area (Å²) in [6.07, 6.45) is 0. The van der Waals surface area contributed by atoms with Crippen molar-refractivity contribution in [3.63, 3.8) is 0 Å². The van der Waals surface area contributed by atoms with Crippen molar-refractivity contribution in [1.29, 1.82) is 5.26 Å². The number of nitriles is 1. The normalized spacial score (nSPS) is 9.38. The molecule has 0 radical (unpaired) electrons. The SMILES string of the molecule is COc1ccc(CO)c(Br)c1C#N. The second-order valence-electron chi connectivity index (χ2n) is 2.39. The molecule has 3 nitrogen and oxygen atoms in total. The molecule has 13 heavy (non-hydrogen) atoms. The number of rotatable bonds is 2. The van der Waals surface area contributed by atoms with Crippen LogP contribution < -0.4 is 4.74 Å². The Morgan fingerprint density at radius 2 is 2.31 bits per heavy atom. The Morgan fingerprint density at radius 1 is 1.62 bits per heavy atom. The van der Waals surface area contributed by atoms with E-state index < -0.39 is 0 Å². The largest absolute Gasteiger partial charge is 0.495 e. The molecule has 0 aliphatic rings. The highest BCUT2D eigenvalue weighted by Gasteiger charge is 2.10. The summed E-state index contributed by atoms with van der Waals surface area (Å²) < 4.78 is 5.58. The number of hydrogen-bond acceptors (Lipinski definition) is 3. The van der Waals surface area contributed by atoms with Crippen molar-refractivity contribution in [2.45, 2.75) is 6.61 Å². The summed E-state index contributed by atoms with van der Waals surface area (Å²) >= 11 is 3.23. The highest BCUT2D eigenvalue weighted by atomic mass is 79.9. The highest BCUT2D eigenvalue weighted by Crippen LogP contribution is 2.29. The van der Waals surface area contributed by atoms with E-state index in [1.165, 1.54) is 7.11 Å². The average Bonchev–Trinajstić information content (AvgIpc) is 2.17. The van der Waals surface area contributed by atoms with Crippen LogP contribution in [0.25, 0.3) is 0 Å². The Labute approximate surface area is 84.7 Å². The van der Waals surface area contributed by atoms with E-state index in [9.17, 15) is 0 Å². The molecule has 0 saturated carbocycles. The Kier molecular flexibility index (Phi) is 3.29. The summed E-state index contributed by atoms with van der Waals surface area (Å²) in [5.41, 5.74) is 1.09. The Bertz CT molecular complexity index is 357. The predicted molar refractivity (Wildman–Crippen MR) is 51.3 cm³/mol. The Hall–Kier alpha value is -1.05. The summed E-state index contributed by atoms with van der Waals surface area (Å²) in [5.74, 6) is 0.506. The molecule has 0 atom stereocenters. The van der Waals surface area contributed by atoms with Crippen LogP contribution in [0.3, 0.4) is 0 Å². The second-order valence-corrected chi connectivity index (χ2v) is 3.18. The molecule has 1 N–H and O–H groups in total. The van der Waals surface area contributed by atoms with Crippen molar-refractivity contribution in [2.24, 2.45) is 0 Å². The molecule has 0 aliphatic heterocycles. The lowest BCUT2D eigenvalue weighted by Crippen LogP contribution is -1.93. The maximum Gasteiger partial charge on any atom is 0.137 e. The van der Waals surface area contributed by atoms with Gasteiger partial charge in [-0.3, -0.25) is 0 Å². The fourth-order valence-corrected chi connectivity index (χ4v) is 1.54. The predicted octanol–water partition coefficient (Wildman–Crippen LogP) is 1.82. The number of halogens is 1. The van der Waals surface area contributed by atoms with Crippen LogP contribution in [0.4, 0.5) is 0 Å². The third-order valence-electron chi connectivity index (χ3n) is 1.69. The molecule has 0 saturated heterocycles. The molecule has 0 fully saturated rings. The van der Waals surface area contributed by atoms with Crippen molar-refractivity contribution in [1.82, 2.24) is 0 Å². The molecule has 0 aromatic heterocycles. The first-order chi connectivity index (χ1) is 6.24. The third kappa shape index (κ3) is 1.82. The van der Waals surface area contributed by atoms with Crippen LogP contribution in [0.1, 0.15) is 11.1 Å². The van der Waals surface area contributed by atoms with Crippen LogP contribution in [-0.4, -0.2) is 12.2 Å². The molecule has 4 heteroatoms. The molecule has 0 bridgehead atoms. The van der Waals surface area contributed by atoms with Gasteiger partial charge in [-0.15, -0.1) is 0 Å². The van der Waals surface area contributed by atoms with Crippen LogP contribution >= 0.6 is 15.9 Å². The van der Waals surface area contributed by atoms with E-state index in [0.29, 0.717) is 21.3 Å². The van der Waals surface area contributed by atoms with E-state index >= 15 is 0 Å². The van der Waals surface area contributed by atoms with Crippen molar-refractivity contribution >= 4 is 15.9 Å². The van der Waals surface area contributed by atoms with E-state index in [1.54, 1.807) is 12.1 Å². The van der Waals surface area contributed by atoms with Crippen molar-refractivity contribution in [3.05, 3.63) is 27.7 Å². The zero-order chi connectivity index (χ0) is 9.84. The highest BCUT2D eigenvalue weighted by molar-refractivity contribution is 9.10. The first kappa shape index (κ1) is 10.0. The van der Waals surface area contributed by atoms with Gasteiger partial charge in [0.15, 0.2) is 0 Å². The van der Waals surface area contributed by atoms with E-state index in [4.69, 9.17) is 15.1 Å². The maximum absolute atomic E-state index is 8.92. The van der Waals surface area contributed by atoms with Crippen LogP contribution in [-0.2, 0) is 6.61 Å². The minimum atomic E-state index is -0.0980. The first-order valence-corrected chi connectivity index (χ1v) is 4.40. The lowest BCUT2D eigenvalue weighted by molar-refractivity contribution is 0.281. The number of benzene rings is 1. The van der Waals surface area contributed by atoms with Gasteiger partial charge in [0.25, 0.3) is 0 Å². The quantitative estimate of drug-likeness (QED) is 0.860. The summed E-state index contributed by atoms with van der Waals surface area (Å²) in [4.78, 5) is 0. The van der Waals surface area contributed by atoms with Gasteiger partial charge in [-0.05, 0) is 27.6 Å². The monoisotopic (exact) mass is 241 g/mol. The molecule has 1 rings (SSSR count). The van der Waals surface area contributed by atoms with E-state index in [-0.39, 0.29) is 6.61 Å². The maximum atomic E-state index is 8.92. The minimum absolute atomic E-state index is 0.0980. The van der Waals surface area contributed by atoms with Gasteiger partial charge in [0.05, 0.1) is 13.7 Å². The van der Waals surface area contributed by atoms with Crippen LogP contribution in [0.5, 0.6) is 5.75 Å². The topological polar surface area (TPSA) is 53.2 Å². The standard InChI is InChI=1S/C9H8BrNO2/c1-13-8-3-2-6(5-12)9(10)7(8)4-11/h2-3,12H,5H2,1H3. The minimum Gasteiger partial charge on any atom is -0.495 e. The number of nitrogens with zero attached hydrogens (tertiary/aromatic N) is 1. The fraction of sp³-hybridized carbons (Fsp3) is 0.222. The van der Waals surface area contributed by atoms with Gasteiger partial charge in [-0.1, -0.05) is 6.07 Å². The number of ether oxygens (including phenoxy) is 1. The number of methoxy groups -OCH3 is 1. The van der Waals surface area contributed by atoms with Gasteiger partial charge < -0.3 is 9.84 Å². The van der Waals surface area contributed by atoms with Gasteiger partial charge in [-0.25, -0.2) is 0 Å². The van der Waals surface area contributed by atoms with Crippen LogP contribution in [0.2, 0.25) is 0 Å². The molecule has 0 unspecified atom stereocenters. The summed E-state index contributed by atoms with van der Waals surface area (Å²) in [7, 11) is 1.50. The lowest BCUT2D eigenvalue weighted by atomic mass is 10.1. The Morgan fingerprint density at radius 3 is 2.77 bits per heavy atom. The molecule has 1 aromatic carbocycles. The van der Waals surface area contributed by atoms with Gasteiger partial charge in [0.2, 0.25) is 0 Å². The zero-order valence-corrected chi connectivity index (χ0v) is 8.63. The summed E-state index contributed by atoms with van der Waals surface area (Å²) in [5, 5.41) is 17.7. The van der Waals surface area contributed by atoms with Gasteiger partial charge in [0.1, 0.15) is 17.4 Å². The van der Waals surface area contributed by atoms with E-state index in [2.05, 4.69) is 15.9 Å². The molecule has 0 amide bonds. The fourth-order valence-electron chi connectivity index (χ4n) is 0.998. The van der Waals surface area contributed by atoms with Crippen molar-refractivity contribution in [2.75, 3.05) is 7.11 Å².